The van der Waals surface area contributed by atoms with E-state index in [-0.39, 0.29) is 0 Å². The molecule has 1 aliphatic carbocycles. The van der Waals surface area contributed by atoms with Gasteiger partial charge in [0.25, 0.3) is 0 Å². The minimum absolute atomic E-state index is 0.330. The molecule has 1 aromatic carbocycles. The van der Waals surface area contributed by atoms with Gasteiger partial charge in [-0.2, -0.15) is 0 Å². The Kier molecular flexibility index (Phi) is 7.49. The van der Waals surface area contributed by atoms with Crippen LogP contribution in [0.2, 0.25) is 0 Å². The van der Waals surface area contributed by atoms with Crippen molar-refractivity contribution in [2.75, 3.05) is 39.8 Å². The lowest BCUT2D eigenvalue weighted by Gasteiger charge is -2.34. The fraction of sp³-hybridized carbons (Fsp3) is 0.484. The molecule has 0 N–H and O–H groups in total. The molecule has 2 aromatic heterocycles. The maximum absolute atomic E-state index is 5.16. The number of hydrogen-bond donors (Lipinski definition) is 0. The van der Waals surface area contributed by atoms with Gasteiger partial charge < -0.3 is 14.4 Å². The van der Waals surface area contributed by atoms with Crippen LogP contribution in [0.5, 0.6) is 0 Å². The second-order valence-corrected chi connectivity index (χ2v) is 11.1. The van der Waals surface area contributed by atoms with Gasteiger partial charge in [0, 0.05) is 77.1 Å². The van der Waals surface area contributed by atoms with Gasteiger partial charge in [0.15, 0.2) is 0 Å². The molecule has 194 valence electrons. The van der Waals surface area contributed by atoms with Gasteiger partial charge in [-0.3, -0.25) is 9.88 Å². The van der Waals surface area contributed by atoms with Gasteiger partial charge >= 0.3 is 0 Å². The van der Waals surface area contributed by atoms with Crippen LogP contribution < -0.4 is 0 Å². The molecule has 6 heteroatoms. The normalized spacial score (nSPS) is 22.5. The molecule has 6 rings (SSSR count). The summed E-state index contributed by atoms with van der Waals surface area (Å²) in [6.45, 7) is 8.63. The van der Waals surface area contributed by atoms with E-state index < -0.39 is 0 Å². The molecule has 3 aliphatic rings. The number of piperazine rings is 1. The fourth-order valence-corrected chi connectivity index (χ4v) is 6.31. The minimum Gasteiger partial charge on any atom is -0.334 e. The van der Waals surface area contributed by atoms with Crippen LogP contribution in [0.1, 0.15) is 47.2 Å². The number of hydrogen-bond acceptors (Lipinski definition) is 5. The highest BCUT2D eigenvalue weighted by Gasteiger charge is 2.28. The number of aromatic nitrogens is 3. The summed E-state index contributed by atoms with van der Waals surface area (Å²) in [7, 11) is 2.23. The summed E-state index contributed by atoms with van der Waals surface area (Å²) in [5, 5.41) is 0. The lowest BCUT2D eigenvalue weighted by molar-refractivity contribution is 0.140. The van der Waals surface area contributed by atoms with Crippen LogP contribution >= 0.6 is 0 Å². The van der Waals surface area contributed by atoms with Gasteiger partial charge in [-0.15, -0.1) is 0 Å². The number of allylic oxidation sites excluding steroid dienone is 1. The van der Waals surface area contributed by atoms with E-state index in [1.165, 1.54) is 60.9 Å². The lowest BCUT2D eigenvalue weighted by atomic mass is 9.90. The van der Waals surface area contributed by atoms with Crippen LogP contribution in [-0.2, 0) is 32.5 Å². The van der Waals surface area contributed by atoms with Crippen molar-refractivity contribution in [1.29, 1.82) is 0 Å². The Labute approximate surface area is 221 Å². The standard InChI is InChI=1S/C31H40N6/c1-34-16-18-35(19-17-34)20-26-10-5-14-30-33-28(24-37(30)22-26)23-36(21-25-8-3-2-4-9-25)29-13-6-11-27-12-7-15-32-31(27)29/h2-5,7-10,12,15,24,26,29H,6,11,13-14,16-23H2,1H3/t26?,29-/m0/s1. The van der Waals surface area contributed by atoms with Gasteiger partial charge in [0.05, 0.1) is 17.4 Å². The molecule has 1 fully saturated rings. The van der Waals surface area contributed by atoms with E-state index in [0.717, 1.165) is 45.4 Å². The van der Waals surface area contributed by atoms with E-state index in [9.17, 15) is 0 Å². The number of fused-ring (bicyclic) bond motifs is 2. The molecule has 4 heterocycles. The van der Waals surface area contributed by atoms with Crippen molar-refractivity contribution in [2.45, 2.75) is 51.4 Å². The number of benzene rings is 1. The van der Waals surface area contributed by atoms with Crippen molar-refractivity contribution in [3.63, 3.8) is 0 Å². The molecule has 37 heavy (non-hydrogen) atoms. The first-order valence-electron chi connectivity index (χ1n) is 14.1. The van der Waals surface area contributed by atoms with Crippen molar-refractivity contribution in [2.24, 2.45) is 5.92 Å². The third kappa shape index (κ3) is 5.87. The Morgan fingerprint density at radius 3 is 2.73 bits per heavy atom. The van der Waals surface area contributed by atoms with Gasteiger partial charge in [-0.25, -0.2) is 4.98 Å². The molecule has 0 amide bonds. The molecule has 3 aromatic rings. The first kappa shape index (κ1) is 24.5. The number of rotatable bonds is 7. The van der Waals surface area contributed by atoms with Crippen LogP contribution in [0.25, 0.3) is 0 Å². The van der Waals surface area contributed by atoms with Crippen molar-refractivity contribution < 1.29 is 0 Å². The third-order valence-corrected chi connectivity index (χ3v) is 8.34. The van der Waals surface area contributed by atoms with Crippen LogP contribution in [0.3, 0.4) is 0 Å². The van der Waals surface area contributed by atoms with Gasteiger partial charge in [0.2, 0.25) is 0 Å². The average Bonchev–Trinajstić information content (AvgIpc) is 3.20. The molecule has 0 radical (unpaired) electrons. The summed E-state index contributed by atoms with van der Waals surface area (Å²) in [6, 6.07) is 15.6. The zero-order valence-corrected chi connectivity index (χ0v) is 22.2. The maximum atomic E-state index is 5.16. The first-order valence-corrected chi connectivity index (χ1v) is 14.1. The summed E-state index contributed by atoms with van der Waals surface area (Å²) in [6.07, 6.45) is 13.5. The van der Waals surface area contributed by atoms with E-state index in [0.29, 0.717) is 12.0 Å². The smallest absolute Gasteiger partial charge is 0.112 e. The Morgan fingerprint density at radius 2 is 1.86 bits per heavy atom. The SMILES string of the molecule is CN1CCN(CC2C=CCc3nc(CN(Cc4ccccc4)[C@H]4CCCc5cccnc54)cn3C2)CC1. The van der Waals surface area contributed by atoms with Gasteiger partial charge in [-0.05, 0) is 43.5 Å². The zero-order chi connectivity index (χ0) is 25.0. The highest BCUT2D eigenvalue weighted by atomic mass is 15.2. The number of likely N-dealkylation sites (N-methyl/N-ethyl adjacent to an activating group) is 1. The van der Waals surface area contributed by atoms with E-state index >= 15 is 0 Å². The van der Waals surface area contributed by atoms with Crippen molar-refractivity contribution >= 4 is 0 Å². The summed E-state index contributed by atoms with van der Waals surface area (Å²) in [5.74, 6) is 1.75. The molecule has 0 spiro atoms. The van der Waals surface area contributed by atoms with E-state index in [2.05, 4.69) is 87.1 Å². The van der Waals surface area contributed by atoms with E-state index in [1.54, 1.807) is 0 Å². The van der Waals surface area contributed by atoms with Gasteiger partial charge in [-0.1, -0.05) is 48.6 Å². The van der Waals surface area contributed by atoms with Crippen LogP contribution in [-0.4, -0.2) is 69.0 Å². The number of aryl methyl sites for hydroxylation is 1. The summed E-state index contributed by atoms with van der Waals surface area (Å²) >= 11 is 0. The van der Waals surface area contributed by atoms with E-state index in [1.807, 2.05) is 6.20 Å². The molecule has 2 aliphatic heterocycles. The Balaban J connectivity index is 1.20. The van der Waals surface area contributed by atoms with Crippen LogP contribution in [0, 0.1) is 5.92 Å². The molecule has 1 unspecified atom stereocenters. The highest BCUT2D eigenvalue weighted by molar-refractivity contribution is 5.26. The number of imidazole rings is 1. The Bertz CT molecular complexity index is 1190. The topological polar surface area (TPSA) is 40.4 Å². The van der Waals surface area contributed by atoms with E-state index in [4.69, 9.17) is 9.97 Å². The molecule has 0 saturated carbocycles. The lowest BCUT2D eigenvalue weighted by Crippen LogP contribution is -2.46. The number of pyridine rings is 1. The predicted molar refractivity (Wildman–Crippen MR) is 148 cm³/mol. The van der Waals surface area contributed by atoms with Crippen molar-refractivity contribution in [1.82, 2.24) is 29.2 Å². The van der Waals surface area contributed by atoms with Crippen LogP contribution in [0.15, 0.2) is 67.0 Å². The molecular weight excluding hydrogens is 456 g/mol. The summed E-state index contributed by atoms with van der Waals surface area (Å²) < 4.78 is 2.43. The molecule has 1 saturated heterocycles. The monoisotopic (exact) mass is 496 g/mol. The Morgan fingerprint density at radius 1 is 1.00 bits per heavy atom. The second kappa shape index (κ2) is 11.3. The summed E-state index contributed by atoms with van der Waals surface area (Å²) in [4.78, 5) is 17.7. The summed E-state index contributed by atoms with van der Waals surface area (Å²) in [5.41, 5.74) is 5.21. The average molecular weight is 497 g/mol. The number of nitrogens with zero attached hydrogens (tertiary/aromatic N) is 6. The minimum atomic E-state index is 0.330. The predicted octanol–water partition coefficient (Wildman–Crippen LogP) is 4.33. The van der Waals surface area contributed by atoms with Crippen molar-refractivity contribution in [3.8, 4) is 0 Å². The first-order chi connectivity index (χ1) is 18.2. The maximum Gasteiger partial charge on any atom is 0.112 e. The van der Waals surface area contributed by atoms with Gasteiger partial charge in [0.1, 0.15) is 5.82 Å². The molecular formula is C31H40N6. The third-order valence-electron chi connectivity index (χ3n) is 8.34. The zero-order valence-electron chi connectivity index (χ0n) is 22.2. The largest absolute Gasteiger partial charge is 0.334 e. The van der Waals surface area contributed by atoms with Crippen molar-refractivity contribution in [3.05, 3.63) is 95.3 Å². The molecule has 0 bridgehead atoms. The fourth-order valence-electron chi connectivity index (χ4n) is 6.31. The highest BCUT2D eigenvalue weighted by Crippen LogP contribution is 2.34. The van der Waals surface area contributed by atoms with Crippen LogP contribution in [0.4, 0.5) is 0 Å². The Hall–Kier alpha value is -2.80. The molecule has 2 atom stereocenters. The second-order valence-electron chi connectivity index (χ2n) is 11.1. The molecule has 6 nitrogen and oxygen atoms in total. The quantitative estimate of drug-likeness (QED) is 0.456.